The predicted molar refractivity (Wildman–Crippen MR) is 47.5 cm³/mol. The van der Waals surface area contributed by atoms with E-state index in [0.717, 1.165) is 16.6 Å². The van der Waals surface area contributed by atoms with Crippen LogP contribution in [0, 0.1) is 6.92 Å². The Morgan fingerprint density at radius 1 is 1.36 bits per heavy atom. The van der Waals surface area contributed by atoms with Gasteiger partial charge in [0, 0.05) is 0 Å². The van der Waals surface area contributed by atoms with E-state index in [1.807, 2.05) is 19.1 Å². The molecule has 0 aliphatic heterocycles. The van der Waals surface area contributed by atoms with E-state index in [2.05, 4.69) is 8.75 Å². The van der Waals surface area contributed by atoms with Crippen LogP contribution in [-0.2, 0) is 0 Å². The summed E-state index contributed by atoms with van der Waals surface area (Å²) in [5.74, 6) is 0. The molecule has 2 aromatic rings. The van der Waals surface area contributed by atoms with Crippen LogP contribution in [0.15, 0.2) is 12.1 Å². The Labute approximate surface area is 70.0 Å². The second-order valence-corrected chi connectivity index (χ2v) is 3.01. The first kappa shape index (κ1) is 6.79. The fourth-order valence-corrected chi connectivity index (χ4v) is 1.61. The molecule has 11 heavy (non-hydrogen) atoms. The highest BCUT2D eigenvalue weighted by atomic mass is 32.1. The number of benzene rings is 1. The van der Waals surface area contributed by atoms with Gasteiger partial charge >= 0.3 is 0 Å². The Morgan fingerprint density at radius 3 is 3.00 bits per heavy atom. The van der Waals surface area contributed by atoms with Gasteiger partial charge in [-0.05, 0) is 18.6 Å². The maximum absolute atomic E-state index is 5.71. The average Bonchev–Trinajstić information content (AvgIpc) is 2.34. The lowest BCUT2D eigenvalue weighted by Crippen LogP contribution is -2.03. The first-order chi connectivity index (χ1) is 5.27. The van der Waals surface area contributed by atoms with Crippen molar-refractivity contribution in [2.24, 2.45) is 0 Å². The van der Waals surface area contributed by atoms with E-state index >= 15 is 0 Å². The first-order valence-corrected chi connectivity index (χ1v) is 3.99. The summed E-state index contributed by atoms with van der Waals surface area (Å²) in [5.41, 5.74) is 3.56. The smallest absolute Gasteiger partial charge is 0.117 e. The number of aryl methyl sites for hydroxylation is 1. The van der Waals surface area contributed by atoms with Crippen LogP contribution in [0.3, 0.4) is 0 Å². The van der Waals surface area contributed by atoms with Crippen LogP contribution in [0.1, 0.15) is 5.56 Å². The van der Waals surface area contributed by atoms with Gasteiger partial charge in [0.15, 0.2) is 0 Å². The molecule has 1 aromatic heterocycles. The highest BCUT2D eigenvalue weighted by molar-refractivity contribution is 7.00. The summed E-state index contributed by atoms with van der Waals surface area (Å²) in [4.78, 5) is 0. The molecule has 0 fully saturated rings. The number of aromatic nitrogens is 2. The van der Waals surface area contributed by atoms with E-state index in [9.17, 15) is 0 Å². The second kappa shape index (κ2) is 2.31. The van der Waals surface area contributed by atoms with Gasteiger partial charge < -0.3 is 0 Å². The molecule has 0 N–H and O–H groups in total. The summed E-state index contributed by atoms with van der Waals surface area (Å²) < 4.78 is 8.16. The Kier molecular flexibility index (Phi) is 1.42. The van der Waals surface area contributed by atoms with Gasteiger partial charge in [0.25, 0.3) is 0 Å². The van der Waals surface area contributed by atoms with Gasteiger partial charge in [-0.2, -0.15) is 8.75 Å². The number of fused-ring (bicyclic) bond motifs is 1. The largest absolute Gasteiger partial charge is 0.174 e. The maximum Gasteiger partial charge on any atom is 0.117 e. The van der Waals surface area contributed by atoms with Gasteiger partial charge in [-0.15, -0.1) is 0 Å². The molecule has 0 atom stereocenters. The summed E-state index contributed by atoms with van der Waals surface area (Å²) in [6, 6.07) is 3.89. The van der Waals surface area contributed by atoms with Gasteiger partial charge in [0.05, 0.1) is 17.2 Å². The van der Waals surface area contributed by atoms with Gasteiger partial charge in [0.2, 0.25) is 0 Å². The van der Waals surface area contributed by atoms with E-state index in [-0.39, 0.29) is 0 Å². The maximum atomic E-state index is 5.71. The lowest BCUT2D eigenvalue weighted by Gasteiger charge is -1.95. The van der Waals surface area contributed by atoms with E-state index in [1.165, 1.54) is 11.7 Å². The molecule has 0 spiro atoms. The minimum Gasteiger partial charge on any atom is -0.174 e. The molecule has 0 aliphatic carbocycles. The summed E-state index contributed by atoms with van der Waals surface area (Å²) in [6.07, 6.45) is 0. The Morgan fingerprint density at radius 2 is 2.18 bits per heavy atom. The molecule has 2 rings (SSSR count). The highest BCUT2D eigenvalue weighted by Crippen LogP contribution is 2.09. The lowest BCUT2D eigenvalue weighted by molar-refractivity contribution is 1.50. The number of nitrogens with zero attached hydrogens (tertiary/aromatic N) is 2. The monoisotopic (exact) mass is 160 g/mol. The molecule has 2 nitrogen and oxygen atoms in total. The zero-order chi connectivity index (χ0) is 7.84. The normalized spacial score (nSPS) is 10.6. The third-order valence-corrected chi connectivity index (χ3v) is 2.08. The van der Waals surface area contributed by atoms with Crippen LogP contribution in [0.25, 0.3) is 11.0 Å². The molecule has 0 saturated carbocycles. The third-order valence-electron chi connectivity index (χ3n) is 1.53. The molecule has 52 valence electrons. The quantitative estimate of drug-likeness (QED) is 0.532. The van der Waals surface area contributed by atoms with Gasteiger partial charge in [0.1, 0.15) is 13.4 Å². The molecular formula is C7H5BN2S. The number of hydrogen-bond donors (Lipinski definition) is 0. The summed E-state index contributed by atoms with van der Waals surface area (Å²) in [6.45, 7) is 2.00. The molecule has 0 amide bonds. The average molecular weight is 160 g/mol. The summed E-state index contributed by atoms with van der Waals surface area (Å²) >= 11 is 1.20. The van der Waals surface area contributed by atoms with Crippen molar-refractivity contribution < 1.29 is 0 Å². The van der Waals surface area contributed by atoms with Crippen molar-refractivity contribution in [3.63, 3.8) is 0 Å². The number of rotatable bonds is 0. The fraction of sp³-hybridized carbons (Fsp3) is 0.143. The standard InChI is InChI=1S/C7H5BN2S/c1-4-2-5(8)7-6(3-4)9-11-10-7/h2-3H,1H3. The van der Waals surface area contributed by atoms with Gasteiger partial charge in [-0.3, -0.25) is 0 Å². The zero-order valence-corrected chi connectivity index (χ0v) is 6.85. The van der Waals surface area contributed by atoms with Crippen molar-refractivity contribution in [2.75, 3.05) is 0 Å². The van der Waals surface area contributed by atoms with Crippen molar-refractivity contribution >= 4 is 36.1 Å². The summed E-state index contributed by atoms with van der Waals surface area (Å²) in [5, 5.41) is 0. The Hall–Kier alpha value is -0.895. The van der Waals surface area contributed by atoms with Crippen molar-refractivity contribution in [1.82, 2.24) is 8.75 Å². The first-order valence-electron chi connectivity index (χ1n) is 3.26. The van der Waals surface area contributed by atoms with Crippen LogP contribution in [-0.4, -0.2) is 16.6 Å². The molecular weight excluding hydrogens is 155 g/mol. The number of hydrogen-bond acceptors (Lipinski definition) is 3. The van der Waals surface area contributed by atoms with Crippen LogP contribution in [0.2, 0.25) is 0 Å². The van der Waals surface area contributed by atoms with Gasteiger partial charge in [-0.1, -0.05) is 11.5 Å². The van der Waals surface area contributed by atoms with Crippen LogP contribution < -0.4 is 5.46 Å². The lowest BCUT2D eigenvalue weighted by atomic mass is 9.93. The van der Waals surface area contributed by atoms with Crippen LogP contribution >= 0.6 is 11.7 Å². The van der Waals surface area contributed by atoms with Crippen molar-refractivity contribution in [3.8, 4) is 0 Å². The van der Waals surface area contributed by atoms with E-state index in [1.54, 1.807) is 0 Å². The third kappa shape index (κ3) is 1.03. The van der Waals surface area contributed by atoms with Gasteiger partial charge in [-0.25, -0.2) is 0 Å². The van der Waals surface area contributed by atoms with Crippen LogP contribution in [0.5, 0.6) is 0 Å². The Balaban J connectivity index is 2.91. The van der Waals surface area contributed by atoms with E-state index < -0.39 is 0 Å². The summed E-state index contributed by atoms with van der Waals surface area (Å²) in [7, 11) is 5.71. The molecule has 2 radical (unpaired) electrons. The molecule has 0 unspecified atom stereocenters. The molecule has 1 heterocycles. The molecule has 0 saturated heterocycles. The highest BCUT2D eigenvalue weighted by Gasteiger charge is 2.00. The van der Waals surface area contributed by atoms with Crippen molar-refractivity contribution in [1.29, 1.82) is 0 Å². The zero-order valence-electron chi connectivity index (χ0n) is 6.03. The van der Waals surface area contributed by atoms with Crippen LogP contribution in [0.4, 0.5) is 0 Å². The SMILES string of the molecule is [B]c1cc(C)cc2nsnc12. The van der Waals surface area contributed by atoms with E-state index in [0.29, 0.717) is 5.46 Å². The predicted octanol–water partition coefficient (Wildman–Crippen LogP) is 0.794. The molecule has 4 heteroatoms. The molecule has 0 aliphatic rings. The fourth-order valence-electron chi connectivity index (χ4n) is 1.06. The topological polar surface area (TPSA) is 25.8 Å². The molecule has 1 aromatic carbocycles. The Bertz CT molecular complexity index is 396. The second-order valence-electron chi connectivity index (χ2n) is 2.49. The van der Waals surface area contributed by atoms with Crippen molar-refractivity contribution in [2.45, 2.75) is 6.92 Å². The van der Waals surface area contributed by atoms with Crippen molar-refractivity contribution in [3.05, 3.63) is 17.7 Å². The minimum atomic E-state index is 0.716. The minimum absolute atomic E-state index is 0.716. The van der Waals surface area contributed by atoms with E-state index in [4.69, 9.17) is 7.85 Å². The molecule has 0 bridgehead atoms.